The molecule has 0 N–H and O–H groups in total. The molecule has 0 saturated carbocycles. The summed E-state index contributed by atoms with van der Waals surface area (Å²) < 4.78 is 5.45. The fraction of sp³-hybridized carbons (Fsp3) is 0.562. The topological polar surface area (TPSA) is 33.0 Å². The van der Waals surface area contributed by atoms with Crippen molar-refractivity contribution in [1.29, 1.82) is 5.26 Å². The Morgan fingerprint density at radius 3 is 2.56 bits per heavy atom. The zero-order chi connectivity index (χ0) is 12.8. The van der Waals surface area contributed by atoms with Crippen LogP contribution in [0.3, 0.4) is 0 Å². The highest BCUT2D eigenvalue weighted by molar-refractivity contribution is 5.42. The highest BCUT2D eigenvalue weighted by atomic mass is 16.5. The molecule has 0 bridgehead atoms. The normalized spacial score (nSPS) is 20.9. The fourth-order valence-electron chi connectivity index (χ4n) is 3.17. The second kappa shape index (κ2) is 3.83. The fourth-order valence-corrected chi connectivity index (χ4v) is 3.17. The molecule has 2 nitrogen and oxygen atoms in total. The minimum Gasteiger partial charge on any atom is -0.379 e. The van der Waals surface area contributed by atoms with Gasteiger partial charge in [-0.25, -0.2) is 0 Å². The van der Waals surface area contributed by atoms with E-state index < -0.39 is 0 Å². The molecule has 18 heavy (non-hydrogen) atoms. The van der Waals surface area contributed by atoms with Crippen molar-refractivity contribution in [1.82, 2.24) is 0 Å². The number of hydrogen-bond acceptors (Lipinski definition) is 2. The van der Waals surface area contributed by atoms with Crippen molar-refractivity contribution < 1.29 is 4.74 Å². The summed E-state index contributed by atoms with van der Waals surface area (Å²) in [7, 11) is 0. The van der Waals surface area contributed by atoms with E-state index in [-0.39, 0.29) is 10.8 Å². The summed E-state index contributed by atoms with van der Waals surface area (Å²) in [6.07, 6.45) is 3.66. The summed E-state index contributed by atoms with van der Waals surface area (Å²) >= 11 is 0. The highest BCUT2D eigenvalue weighted by Gasteiger charge is 2.52. The van der Waals surface area contributed by atoms with Crippen LogP contribution in [0, 0.1) is 16.7 Å². The summed E-state index contributed by atoms with van der Waals surface area (Å²) in [6.45, 7) is 5.41. The smallest absolute Gasteiger partial charge is 0.0695 e. The van der Waals surface area contributed by atoms with Gasteiger partial charge in [0.25, 0.3) is 0 Å². The Balaban J connectivity index is 2.06. The summed E-state index contributed by atoms with van der Waals surface area (Å²) in [5.74, 6) is 0. The first-order valence-electron chi connectivity index (χ1n) is 6.70. The number of rotatable bonds is 2. The number of nitriles is 1. The van der Waals surface area contributed by atoms with Gasteiger partial charge in [0.15, 0.2) is 0 Å². The highest BCUT2D eigenvalue weighted by Crippen LogP contribution is 2.47. The molecular formula is C16H19NO. The average Bonchev–Trinajstić information content (AvgIpc) is 2.74. The molecule has 3 rings (SSSR count). The molecule has 1 aliphatic carbocycles. The molecule has 1 heterocycles. The molecule has 0 radical (unpaired) electrons. The summed E-state index contributed by atoms with van der Waals surface area (Å²) in [5, 5.41) is 9.44. The van der Waals surface area contributed by atoms with Crippen LogP contribution in [0.25, 0.3) is 0 Å². The zero-order valence-electron chi connectivity index (χ0n) is 11.1. The van der Waals surface area contributed by atoms with Gasteiger partial charge in [-0.1, -0.05) is 18.2 Å². The lowest BCUT2D eigenvalue weighted by atomic mass is 9.61. The van der Waals surface area contributed by atoms with E-state index in [1.54, 1.807) is 0 Å². The van der Waals surface area contributed by atoms with Crippen molar-refractivity contribution in [3.05, 3.63) is 34.9 Å². The summed E-state index contributed by atoms with van der Waals surface area (Å²) in [6, 6.07) is 9.26. The molecular weight excluding hydrogens is 222 g/mol. The van der Waals surface area contributed by atoms with Crippen LogP contribution >= 0.6 is 0 Å². The van der Waals surface area contributed by atoms with Crippen LogP contribution in [0.2, 0.25) is 0 Å². The van der Waals surface area contributed by atoms with E-state index >= 15 is 0 Å². The Morgan fingerprint density at radius 1 is 1.22 bits per heavy atom. The molecule has 0 aromatic heterocycles. The maximum absolute atomic E-state index is 9.44. The SMILES string of the molecule is CC(C)(C#N)C1(c2ccc3c(c2)CCC3)COC1. The Hall–Kier alpha value is -1.33. The van der Waals surface area contributed by atoms with Crippen LogP contribution in [0.1, 0.15) is 37.0 Å². The lowest BCUT2D eigenvalue weighted by Crippen LogP contribution is -2.56. The van der Waals surface area contributed by atoms with E-state index in [0.29, 0.717) is 13.2 Å². The number of nitrogens with zero attached hydrogens (tertiary/aromatic N) is 1. The lowest BCUT2D eigenvalue weighted by Gasteiger charge is -2.49. The van der Waals surface area contributed by atoms with Crippen LogP contribution in [0.15, 0.2) is 18.2 Å². The summed E-state index contributed by atoms with van der Waals surface area (Å²) in [4.78, 5) is 0. The van der Waals surface area contributed by atoms with Crippen molar-refractivity contribution >= 4 is 0 Å². The molecule has 1 saturated heterocycles. The number of benzene rings is 1. The van der Waals surface area contributed by atoms with Crippen LogP contribution in [0.4, 0.5) is 0 Å². The van der Waals surface area contributed by atoms with E-state index in [0.717, 1.165) is 0 Å². The maximum atomic E-state index is 9.44. The third-order valence-electron chi connectivity index (χ3n) is 4.82. The molecule has 0 atom stereocenters. The van der Waals surface area contributed by atoms with Gasteiger partial charge in [-0.05, 0) is 49.8 Å². The second-order valence-corrected chi connectivity index (χ2v) is 6.15. The quantitative estimate of drug-likeness (QED) is 0.797. The monoisotopic (exact) mass is 241 g/mol. The Labute approximate surface area is 109 Å². The lowest BCUT2D eigenvalue weighted by molar-refractivity contribution is -0.102. The van der Waals surface area contributed by atoms with Crippen molar-refractivity contribution in [2.75, 3.05) is 13.2 Å². The number of hydrogen-bond donors (Lipinski definition) is 0. The van der Waals surface area contributed by atoms with E-state index in [2.05, 4.69) is 24.3 Å². The van der Waals surface area contributed by atoms with Crippen molar-refractivity contribution in [3.8, 4) is 6.07 Å². The third-order valence-corrected chi connectivity index (χ3v) is 4.82. The van der Waals surface area contributed by atoms with Gasteiger partial charge in [0, 0.05) is 0 Å². The molecule has 1 aliphatic heterocycles. The number of ether oxygens (including phenoxy) is 1. The standard InChI is InChI=1S/C16H19NO/c1-15(2,9-17)16(10-18-11-16)14-7-6-12-4-3-5-13(12)8-14/h6-8H,3-5,10-11H2,1-2H3. The molecule has 1 aromatic carbocycles. The van der Waals surface area contributed by atoms with Crippen LogP contribution in [-0.2, 0) is 23.0 Å². The van der Waals surface area contributed by atoms with Crippen LogP contribution in [0.5, 0.6) is 0 Å². The van der Waals surface area contributed by atoms with E-state index in [9.17, 15) is 5.26 Å². The average molecular weight is 241 g/mol. The van der Waals surface area contributed by atoms with Gasteiger partial charge >= 0.3 is 0 Å². The van der Waals surface area contributed by atoms with E-state index in [1.807, 2.05) is 13.8 Å². The van der Waals surface area contributed by atoms with Gasteiger partial charge in [0.2, 0.25) is 0 Å². The number of aryl methyl sites for hydroxylation is 2. The predicted molar refractivity (Wildman–Crippen MR) is 70.4 cm³/mol. The molecule has 0 spiro atoms. The van der Waals surface area contributed by atoms with Crippen LogP contribution < -0.4 is 0 Å². The molecule has 1 aromatic rings. The molecule has 0 unspecified atom stereocenters. The maximum Gasteiger partial charge on any atom is 0.0695 e. The van der Waals surface area contributed by atoms with Gasteiger partial charge < -0.3 is 4.74 Å². The Kier molecular flexibility index (Phi) is 2.50. The van der Waals surface area contributed by atoms with Crippen molar-refractivity contribution in [3.63, 3.8) is 0 Å². The van der Waals surface area contributed by atoms with Gasteiger partial charge in [-0.3, -0.25) is 0 Å². The van der Waals surface area contributed by atoms with Crippen LogP contribution in [-0.4, -0.2) is 13.2 Å². The first-order valence-corrected chi connectivity index (χ1v) is 6.70. The molecule has 2 heteroatoms. The minimum absolute atomic E-state index is 0.112. The third kappa shape index (κ3) is 1.44. The van der Waals surface area contributed by atoms with Crippen molar-refractivity contribution in [2.24, 2.45) is 5.41 Å². The molecule has 94 valence electrons. The zero-order valence-corrected chi connectivity index (χ0v) is 11.1. The van der Waals surface area contributed by atoms with Crippen molar-refractivity contribution in [2.45, 2.75) is 38.5 Å². The van der Waals surface area contributed by atoms with E-state index in [1.165, 1.54) is 36.0 Å². The molecule has 2 aliphatic rings. The molecule has 1 fully saturated rings. The Bertz CT molecular complexity index is 520. The first-order chi connectivity index (χ1) is 8.59. The van der Waals surface area contributed by atoms with Gasteiger partial charge in [0.05, 0.1) is 30.1 Å². The minimum atomic E-state index is -0.377. The van der Waals surface area contributed by atoms with Gasteiger partial charge in [0.1, 0.15) is 0 Å². The predicted octanol–water partition coefficient (Wildman–Crippen LogP) is 2.99. The van der Waals surface area contributed by atoms with Gasteiger partial charge in [-0.15, -0.1) is 0 Å². The molecule has 0 amide bonds. The van der Waals surface area contributed by atoms with Gasteiger partial charge in [-0.2, -0.15) is 5.26 Å². The number of fused-ring (bicyclic) bond motifs is 1. The largest absolute Gasteiger partial charge is 0.379 e. The summed E-state index contributed by atoms with van der Waals surface area (Å²) in [5.41, 5.74) is 3.77. The Morgan fingerprint density at radius 2 is 1.94 bits per heavy atom. The van der Waals surface area contributed by atoms with E-state index in [4.69, 9.17) is 4.74 Å². The first kappa shape index (κ1) is 11.7. The second-order valence-electron chi connectivity index (χ2n) is 6.15.